The molecule has 45 heavy (non-hydrogen) atoms. The number of alkyl halides is 2. The molecule has 0 spiro atoms. The molecule has 6 rings (SSSR count). The summed E-state index contributed by atoms with van der Waals surface area (Å²) in [6.45, 7) is 0.338. The molecule has 10 heteroatoms. The molecule has 0 aromatic heterocycles. The number of sulfonamides is 1. The summed E-state index contributed by atoms with van der Waals surface area (Å²) in [5.41, 5.74) is 7.08. The molecule has 1 unspecified atom stereocenters. The number of ether oxygens (including phenoxy) is 1. The van der Waals surface area contributed by atoms with Crippen LogP contribution in [0.4, 0.5) is 8.78 Å². The molecule has 2 aliphatic rings. The molecule has 0 radical (unpaired) electrons. The Labute approximate surface area is 262 Å². The fourth-order valence-electron chi connectivity index (χ4n) is 6.13. The molecule has 4 aromatic carbocycles. The van der Waals surface area contributed by atoms with Crippen LogP contribution in [0.25, 0.3) is 21.9 Å². The van der Waals surface area contributed by atoms with Crippen molar-refractivity contribution in [2.75, 3.05) is 13.1 Å². The van der Waals surface area contributed by atoms with E-state index >= 15 is 8.78 Å². The minimum atomic E-state index is -4.55. The van der Waals surface area contributed by atoms with Crippen molar-refractivity contribution in [3.63, 3.8) is 0 Å². The third-order valence-electron chi connectivity index (χ3n) is 8.81. The van der Waals surface area contributed by atoms with E-state index in [4.69, 9.17) is 10.5 Å². The zero-order valence-corrected chi connectivity index (χ0v) is 25.7. The van der Waals surface area contributed by atoms with Gasteiger partial charge >= 0.3 is 0 Å². The van der Waals surface area contributed by atoms with Gasteiger partial charge in [0, 0.05) is 24.7 Å². The highest BCUT2D eigenvalue weighted by molar-refractivity contribution is 7.89. The van der Waals surface area contributed by atoms with Crippen LogP contribution in [0.3, 0.4) is 0 Å². The first-order valence-corrected chi connectivity index (χ1v) is 16.9. The number of nitrogens with zero attached hydrogens (tertiary/aromatic N) is 1. The van der Waals surface area contributed by atoms with Crippen LogP contribution in [0, 0.1) is 0 Å². The zero-order chi connectivity index (χ0) is 31.6. The molecule has 1 aliphatic carbocycles. The number of carbonyl (C=O) groups excluding carboxylic acids is 1. The second-order valence-electron chi connectivity index (χ2n) is 12.0. The smallest absolute Gasteiger partial charge is 0.298 e. The van der Waals surface area contributed by atoms with Gasteiger partial charge in [-0.25, -0.2) is 8.42 Å². The Bertz CT molecular complexity index is 1750. The number of fused-ring (bicyclic) bond motifs is 1. The number of hydrogen-bond acceptors (Lipinski definition) is 5. The van der Waals surface area contributed by atoms with Crippen LogP contribution in [-0.2, 0) is 20.7 Å². The van der Waals surface area contributed by atoms with Crippen LogP contribution in [0.1, 0.15) is 44.1 Å². The van der Waals surface area contributed by atoms with Crippen molar-refractivity contribution in [2.24, 2.45) is 5.73 Å². The standard InChI is InChI=1S/C35H37F2N3O4S/c36-35(37,28-14-10-25(11-15-28)24-6-2-1-3-7-24)33(34(41)40-20-18-29(38)19-21-40)39-45(42,43)32-17-13-26-22-31(16-12-27(26)23-32)44-30-8-4-5-9-30/h1-3,6-7,10-17,22-23,29-30,33,39H,4-5,8-9,18-21,38H2. The summed E-state index contributed by atoms with van der Waals surface area (Å²) in [6, 6.07) is 22.1. The molecule has 1 amide bonds. The van der Waals surface area contributed by atoms with Crippen molar-refractivity contribution in [2.45, 2.75) is 67.5 Å². The molecular formula is C35H37F2N3O4S. The highest BCUT2D eigenvalue weighted by atomic mass is 32.2. The Morgan fingerprint density at radius 3 is 2.16 bits per heavy atom. The average molecular weight is 634 g/mol. The van der Waals surface area contributed by atoms with E-state index in [1.54, 1.807) is 30.3 Å². The van der Waals surface area contributed by atoms with E-state index in [9.17, 15) is 13.2 Å². The molecule has 1 saturated carbocycles. The van der Waals surface area contributed by atoms with Gasteiger partial charge in [-0.15, -0.1) is 0 Å². The second-order valence-corrected chi connectivity index (χ2v) is 13.7. The highest BCUT2D eigenvalue weighted by Gasteiger charge is 2.50. The van der Waals surface area contributed by atoms with E-state index in [-0.39, 0.29) is 30.1 Å². The molecule has 1 heterocycles. The lowest BCUT2D eigenvalue weighted by molar-refractivity contribution is -0.145. The minimum absolute atomic E-state index is 0.142. The summed E-state index contributed by atoms with van der Waals surface area (Å²) in [5.74, 6) is -4.15. The van der Waals surface area contributed by atoms with Crippen LogP contribution >= 0.6 is 0 Å². The normalized spacial score (nSPS) is 17.4. The predicted molar refractivity (Wildman–Crippen MR) is 171 cm³/mol. The first-order valence-electron chi connectivity index (χ1n) is 15.4. The van der Waals surface area contributed by atoms with E-state index in [0.29, 0.717) is 24.0 Å². The summed E-state index contributed by atoms with van der Waals surface area (Å²) in [4.78, 5) is 14.7. The summed E-state index contributed by atoms with van der Waals surface area (Å²) >= 11 is 0. The number of amides is 1. The van der Waals surface area contributed by atoms with E-state index in [1.807, 2.05) is 36.4 Å². The molecule has 1 aliphatic heterocycles. The Kier molecular flexibility index (Phi) is 8.90. The molecule has 4 aromatic rings. The van der Waals surface area contributed by atoms with Crippen molar-refractivity contribution in [1.29, 1.82) is 0 Å². The number of piperidine rings is 1. The molecule has 236 valence electrons. The van der Waals surface area contributed by atoms with Gasteiger partial charge in [-0.1, -0.05) is 66.7 Å². The van der Waals surface area contributed by atoms with Crippen LogP contribution in [0.2, 0.25) is 0 Å². The predicted octanol–water partition coefficient (Wildman–Crippen LogP) is 6.22. The maximum atomic E-state index is 16.3. The number of rotatable bonds is 9. The Balaban J connectivity index is 1.29. The van der Waals surface area contributed by atoms with Crippen LogP contribution in [0.15, 0.2) is 95.9 Å². The van der Waals surface area contributed by atoms with Gasteiger partial charge in [-0.3, -0.25) is 4.79 Å². The summed E-state index contributed by atoms with van der Waals surface area (Å²) in [5, 5.41) is 1.36. The lowest BCUT2D eigenvalue weighted by Gasteiger charge is -2.35. The molecule has 3 N–H and O–H groups in total. The number of benzene rings is 4. The van der Waals surface area contributed by atoms with Crippen molar-refractivity contribution in [3.05, 3.63) is 96.6 Å². The van der Waals surface area contributed by atoms with Crippen LogP contribution in [0.5, 0.6) is 5.75 Å². The van der Waals surface area contributed by atoms with Crippen molar-refractivity contribution in [1.82, 2.24) is 9.62 Å². The molecule has 1 saturated heterocycles. The molecular weight excluding hydrogens is 596 g/mol. The SMILES string of the molecule is NC1CCN(C(=O)C(NS(=O)(=O)c2ccc3cc(OC4CCCC4)ccc3c2)C(F)(F)c2ccc(-c3ccccc3)cc2)CC1. The highest BCUT2D eigenvalue weighted by Crippen LogP contribution is 2.36. The monoisotopic (exact) mass is 633 g/mol. The van der Waals surface area contributed by atoms with Crippen molar-refractivity contribution < 1.29 is 26.7 Å². The number of nitrogens with one attached hydrogen (secondary N) is 1. The maximum Gasteiger partial charge on any atom is 0.298 e. The molecule has 2 fully saturated rings. The van der Waals surface area contributed by atoms with Gasteiger partial charge in [0.05, 0.1) is 11.0 Å². The second kappa shape index (κ2) is 12.9. The van der Waals surface area contributed by atoms with Crippen LogP contribution < -0.4 is 15.2 Å². The van der Waals surface area contributed by atoms with E-state index < -0.39 is 33.5 Å². The van der Waals surface area contributed by atoms with Gasteiger partial charge in [-0.05, 0) is 84.7 Å². The third kappa shape index (κ3) is 6.88. The summed E-state index contributed by atoms with van der Waals surface area (Å²) < 4.78 is 68.2. The number of nitrogens with two attached hydrogens (primary N) is 1. The van der Waals surface area contributed by atoms with Gasteiger partial charge in [-0.2, -0.15) is 13.5 Å². The fourth-order valence-corrected chi connectivity index (χ4v) is 7.35. The van der Waals surface area contributed by atoms with Crippen molar-refractivity contribution in [3.8, 4) is 16.9 Å². The fraction of sp³-hybridized carbons (Fsp3) is 0.343. The molecule has 7 nitrogen and oxygen atoms in total. The zero-order valence-electron chi connectivity index (χ0n) is 24.9. The van der Waals surface area contributed by atoms with Crippen LogP contribution in [-0.4, -0.2) is 50.5 Å². The van der Waals surface area contributed by atoms with E-state index in [1.165, 1.54) is 29.2 Å². The first-order chi connectivity index (χ1) is 21.6. The Morgan fingerprint density at radius 1 is 0.844 bits per heavy atom. The topological polar surface area (TPSA) is 102 Å². The summed E-state index contributed by atoms with van der Waals surface area (Å²) in [6.07, 6.45) is 5.35. The largest absolute Gasteiger partial charge is 0.490 e. The lowest BCUT2D eigenvalue weighted by Crippen LogP contribution is -2.57. The molecule has 1 atom stereocenters. The van der Waals surface area contributed by atoms with Gasteiger partial charge < -0.3 is 15.4 Å². The van der Waals surface area contributed by atoms with Gasteiger partial charge in [0.2, 0.25) is 15.9 Å². The van der Waals surface area contributed by atoms with Gasteiger partial charge in [0.15, 0.2) is 6.04 Å². The minimum Gasteiger partial charge on any atom is -0.490 e. The summed E-state index contributed by atoms with van der Waals surface area (Å²) in [7, 11) is -4.55. The van der Waals surface area contributed by atoms with E-state index in [0.717, 1.165) is 42.2 Å². The van der Waals surface area contributed by atoms with Crippen molar-refractivity contribution >= 4 is 26.7 Å². The quantitative estimate of drug-likeness (QED) is 0.228. The average Bonchev–Trinajstić information content (AvgIpc) is 3.57. The van der Waals surface area contributed by atoms with Gasteiger partial charge in [0.1, 0.15) is 5.75 Å². The first kappa shape index (κ1) is 31.1. The number of likely N-dealkylation sites (tertiary alicyclic amines) is 1. The number of hydrogen-bond donors (Lipinski definition) is 2. The van der Waals surface area contributed by atoms with Gasteiger partial charge in [0.25, 0.3) is 5.92 Å². The maximum absolute atomic E-state index is 16.3. The third-order valence-corrected chi connectivity index (χ3v) is 10.2. The Morgan fingerprint density at radius 2 is 1.47 bits per heavy atom. The van der Waals surface area contributed by atoms with E-state index in [2.05, 4.69) is 4.72 Å². The Hall–Kier alpha value is -3.86. The number of carbonyl (C=O) groups is 1. The molecule has 0 bridgehead atoms. The lowest BCUT2D eigenvalue weighted by atomic mass is 9.96. The number of halogens is 2.